The summed E-state index contributed by atoms with van der Waals surface area (Å²) in [6.45, 7) is 7.70. The van der Waals surface area contributed by atoms with Crippen LogP contribution in [0.25, 0.3) is 0 Å². The molecule has 2 heterocycles. The number of nitrogens with zero attached hydrogens (tertiary/aromatic N) is 5. The number of likely N-dealkylation sites (N-methyl/N-ethyl adjacent to an activating group) is 1. The highest BCUT2D eigenvalue weighted by atomic mass is 16.2. The van der Waals surface area contributed by atoms with Crippen LogP contribution >= 0.6 is 0 Å². The number of rotatable bonds is 5. The first-order valence-corrected chi connectivity index (χ1v) is 6.70. The first-order valence-electron chi connectivity index (χ1n) is 6.70. The third-order valence-electron chi connectivity index (χ3n) is 3.53. The Bertz CT molecular complexity index is 387. The molecule has 0 aromatic carbocycles. The second kappa shape index (κ2) is 6.63. The molecule has 1 aromatic rings. The van der Waals surface area contributed by atoms with E-state index in [-0.39, 0.29) is 11.9 Å². The van der Waals surface area contributed by atoms with Gasteiger partial charge in [0.1, 0.15) is 18.7 Å². The fourth-order valence-electron chi connectivity index (χ4n) is 2.19. The Morgan fingerprint density at radius 3 is 2.84 bits per heavy atom. The van der Waals surface area contributed by atoms with Crippen molar-refractivity contribution in [1.82, 2.24) is 29.9 Å². The Morgan fingerprint density at radius 2 is 2.21 bits per heavy atom. The number of carbonyl (C=O) groups excluding carboxylic acids is 1. The number of aromatic nitrogens is 3. The number of piperazine rings is 1. The first-order chi connectivity index (χ1) is 9.18. The summed E-state index contributed by atoms with van der Waals surface area (Å²) >= 11 is 0. The van der Waals surface area contributed by atoms with Gasteiger partial charge in [0.2, 0.25) is 5.91 Å². The SMILES string of the molecule is CC(C(=O)N(C)CCN1CCNCC1)n1cncn1. The van der Waals surface area contributed by atoms with Crippen LogP contribution in [0, 0.1) is 0 Å². The van der Waals surface area contributed by atoms with E-state index in [1.54, 1.807) is 15.9 Å². The van der Waals surface area contributed by atoms with Gasteiger partial charge < -0.3 is 10.2 Å². The van der Waals surface area contributed by atoms with E-state index in [9.17, 15) is 4.79 Å². The molecule has 1 unspecified atom stereocenters. The molecule has 1 N–H and O–H groups in total. The molecule has 0 spiro atoms. The van der Waals surface area contributed by atoms with Crippen LogP contribution in [0.3, 0.4) is 0 Å². The Kier molecular flexibility index (Phi) is 4.86. The molecular weight excluding hydrogens is 244 g/mol. The van der Waals surface area contributed by atoms with Gasteiger partial charge in [0, 0.05) is 46.3 Å². The molecule has 1 saturated heterocycles. The molecule has 1 aromatic heterocycles. The molecule has 106 valence electrons. The minimum atomic E-state index is -0.296. The average molecular weight is 266 g/mol. The quantitative estimate of drug-likeness (QED) is 0.756. The van der Waals surface area contributed by atoms with Crippen LogP contribution in [0.4, 0.5) is 0 Å². The maximum absolute atomic E-state index is 12.2. The summed E-state index contributed by atoms with van der Waals surface area (Å²) in [5.41, 5.74) is 0. The zero-order valence-corrected chi connectivity index (χ0v) is 11.6. The average Bonchev–Trinajstić information content (AvgIpc) is 2.98. The second-order valence-electron chi connectivity index (χ2n) is 4.90. The van der Waals surface area contributed by atoms with Gasteiger partial charge in [0.25, 0.3) is 0 Å². The van der Waals surface area contributed by atoms with E-state index in [1.807, 2.05) is 14.0 Å². The lowest BCUT2D eigenvalue weighted by Gasteiger charge is -2.29. The summed E-state index contributed by atoms with van der Waals surface area (Å²) in [4.78, 5) is 20.2. The molecule has 0 radical (unpaired) electrons. The predicted octanol–water partition coefficient (Wildman–Crippen LogP) is -0.797. The monoisotopic (exact) mass is 266 g/mol. The van der Waals surface area contributed by atoms with Crippen molar-refractivity contribution >= 4 is 5.91 Å². The zero-order chi connectivity index (χ0) is 13.7. The van der Waals surface area contributed by atoms with Crippen molar-refractivity contribution < 1.29 is 4.79 Å². The maximum atomic E-state index is 12.2. The molecule has 7 nitrogen and oxygen atoms in total. The lowest BCUT2D eigenvalue weighted by Crippen LogP contribution is -2.47. The van der Waals surface area contributed by atoms with Gasteiger partial charge in [0.05, 0.1) is 0 Å². The summed E-state index contributed by atoms with van der Waals surface area (Å²) in [7, 11) is 1.85. The predicted molar refractivity (Wildman–Crippen MR) is 71.7 cm³/mol. The fourth-order valence-corrected chi connectivity index (χ4v) is 2.19. The van der Waals surface area contributed by atoms with Crippen LogP contribution in [-0.4, -0.2) is 76.8 Å². The fraction of sp³-hybridized carbons (Fsp3) is 0.750. The van der Waals surface area contributed by atoms with E-state index < -0.39 is 0 Å². The minimum Gasteiger partial charge on any atom is -0.343 e. The Hall–Kier alpha value is -1.47. The van der Waals surface area contributed by atoms with Crippen molar-refractivity contribution in [1.29, 1.82) is 0 Å². The molecular formula is C12H22N6O. The van der Waals surface area contributed by atoms with E-state index in [0.29, 0.717) is 0 Å². The third-order valence-corrected chi connectivity index (χ3v) is 3.53. The second-order valence-corrected chi connectivity index (χ2v) is 4.90. The number of nitrogens with one attached hydrogen (secondary N) is 1. The topological polar surface area (TPSA) is 66.3 Å². The van der Waals surface area contributed by atoms with Crippen molar-refractivity contribution in [2.45, 2.75) is 13.0 Å². The van der Waals surface area contributed by atoms with Crippen molar-refractivity contribution in [3.63, 3.8) is 0 Å². The highest BCUT2D eigenvalue weighted by Gasteiger charge is 2.20. The number of hydrogen-bond donors (Lipinski definition) is 1. The number of amides is 1. The van der Waals surface area contributed by atoms with Gasteiger partial charge in [-0.15, -0.1) is 0 Å². The molecule has 19 heavy (non-hydrogen) atoms. The number of hydrogen-bond acceptors (Lipinski definition) is 5. The van der Waals surface area contributed by atoms with E-state index in [1.165, 1.54) is 6.33 Å². The van der Waals surface area contributed by atoms with Gasteiger partial charge in [-0.1, -0.05) is 0 Å². The van der Waals surface area contributed by atoms with Crippen LogP contribution in [0.5, 0.6) is 0 Å². The third kappa shape index (κ3) is 3.74. The Balaban J connectivity index is 1.78. The summed E-state index contributed by atoms with van der Waals surface area (Å²) in [5.74, 6) is 0.0700. The van der Waals surface area contributed by atoms with Crippen molar-refractivity contribution in [3.8, 4) is 0 Å². The molecule has 0 saturated carbocycles. The molecule has 0 bridgehead atoms. The molecule has 1 amide bonds. The van der Waals surface area contributed by atoms with Crippen molar-refractivity contribution in [2.24, 2.45) is 0 Å². The van der Waals surface area contributed by atoms with E-state index >= 15 is 0 Å². The highest BCUT2D eigenvalue weighted by Crippen LogP contribution is 2.06. The van der Waals surface area contributed by atoms with Gasteiger partial charge in [-0.3, -0.25) is 9.69 Å². The summed E-state index contributed by atoms with van der Waals surface area (Å²) < 4.78 is 1.59. The summed E-state index contributed by atoms with van der Waals surface area (Å²) in [5, 5.41) is 7.33. The molecule has 1 fully saturated rings. The van der Waals surface area contributed by atoms with Gasteiger partial charge >= 0.3 is 0 Å². The van der Waals surface area contributed by atoms with Gasteiger partial charge in [-0.25, -0.2) is 9.67 Å². The van der Waals surface area contributed by atoms with E-state index in [0.717, 1.165) is 39.3 Å². The number of carbonyl (C=O) groups is 1. The van der Waals surface area contributed by atoms with Crippen LogP contribution in [0.2, 0.25) is 0 Å². The molecule has 0 aliphatic carbocycles. The van der Waals surface area contributed by atoms with Gasteiger partial charge in [-0.2, -0.15) is 5.10 Å². The smallest absolute Gasteiger partial charge is 0.247 e. The summed E-state index contributed by atoms with van der Waals surface area (Å²) in [6, 6.07) is -0.296. The highest BCUT2D eigenvalue weighted by molar-refractivity contribution is 5.79. The van der Waals surface area contributed by atoms with Crippen molar-refractivity contribution in [2.75, 3.05) is 46.3 Å². The Labute approximate surface area is 113 Å². The normalized spacial score (nSPS) is 18.2. The Morgan fingerprint density at radius 1 is 1.47 bits per heavy atom. The van der Waals surface area contributed by atoms with Gasteiger partial charge in [0.15, 0.2) is 0 Å². The molecule has 1 atom stereocenters. The maximum Gasteiger partial charge on any atom is 0.247 e. The van der Waals surface area contributed by atoms with Gasteiger partial charge in [-0.05, 0) is 6.92 Å². The van der Waals surface area contributed by atoms with Crippen LogP contribution in [0.15, 0.2) is 12.7 Å². The molecule has 1 aliphatic heterocycles. The summed E-state index contributed by atoms with van der Waals surface area (Å²) in [6.07, 6.45) is 3.03. The molecule has 1 aliphatic rings. The van der Waals surface area contributed by atoms with E-state index in [4.69, 9.17) is 0 Å². The lowest BCUT2D eigenvalue weighted by molar-refractivity contribution is -0.133. The zero-order valence-electron chi connectivity index (χ0n) is 11.6. The van der Waals surface area contributed by atoms with Crippen molar-refractivity contribution in [3.05, 3.63) is 12.7 Å². The molecule has 7 heteroatoms. The largest absolute Gasteiger partial charge is 0.343 e. The van der Waals surface area contributed by atoms with Crippen LogP contribution in [0.1, 0.15) is 13.0 Å². The van der Waals surface area contributed by atoms with Crippen LogP contribution < -0.4 is 5.32 Å². The van der Waals surface area contributed by atoms with E-state index in [2.05, 4.69) is 20.3 Å². The minimum absolute atomic E-state index is 0.0700. The standard InChI is InChI=1S/C12H22N6O/c1-11(18-10-14-9-15-18)12(19)16(2)7-8-17-5-3-13-4-6-17/h9-11,13H,3-8H2,1-2H3. The molecule has 2 rings (SSSR count). The lowest BCUT2D eigenvalue weighted by atomic mass is 10.3. The van der Waals surface area contributed by atoms with Crippen LogP contribution in [-0.2, 0) is 4.79 Å². The first kappa shape index (κ1) is 14.0.